The molecule has 26 heavy (non-hydrogen) atoms. The molecule has 1 aromatic heterocycles. The number of benzene rings is 2. The molecular formula is C20H18F3N3. The summed E-state index contributed by atoms with van der Waals surface area (Å²) in [6.07, 6.45) is -2.77. The molecule has 0 bridgehead atoms. The van der Waals surface area contributed by atoms with Gasteiger partial charge in [0, 0.05) is 17.7 Å². The van der Waals surface area contributed by atoms with Crippen molar-refractivity contribution in [2.24, 2.45) is 0 Å². The van der Waals surface area contributed by atoms with Crippen molar-refractivity contribution in [1.29, 1.82) is 0 Å². The van der Waals surface area contributed by atoms with Gasteiger partial charge in [0.15, 0.2) is 0 Å². The molecule has 4 rings (SSSR count). The lowest BCUT2D eigenvalue weighted by Gasteiger charge is -2.11. The van der Waals surface area contributed by atoms with Gasteiger partial charge in [0.2, 0.25) is 0 Å². The van der Waals surface area contributed by atoms with Gasteiger partial charge < -0.3 is 5.32 Å². The number of nitrogens with zero attached hydrogens (tertiary/aromatic N) is 2. The fraction of sp³-hybridized carbons (Fsp3) is 0.250. The lowest BCUT2D eigenvalue weighted by Crippen LogP contribution is -2.07. The minimum absolute atomic E-state index is 0.493. The Hall–Kier alpha value is -2.76. The second kappa shape index (κ2) is 6.20. The van der Waals surface area contributed by atoms with E-state index in [-0.39, 0.29) is 0 Å². The highest BCUT2D eigenvalue weighted by Crippen LogP contribution is 2.37. The molecule has 0 atom stereocenters. The van der Waals surface area contributed by atoms with E-state index in [0.717, 1.165) is 48.1 Å². The predicted molar refractivity (Wildman–Crippen MR) is 95.6 cm³/mol. The van der Waals surface area contributed by atoms with Crippen molar-refractivity contribution in [3.05, 3.63) is 65.2 Å². The van der Waals surface area contributed by atoms with Crippen LogP contribution in [0.4, 0.5) is 19.0 Å². The van der Waals surface area contributed by atoms with Crippen LogP contribution >= 0.6 is 0 Å². The number of aryl methyl sites for hydroxylation is 1. The van der Waals surface area contributed by atoms with Gasteiger partial charge in [0.25, 0.3) is 0 Å². The van der Waals surface area contributed by atoms with E-state index in [1.807, 2.05) is 28.9 Å². The van der Waals surface area contributed by atoms with E-state index < -0.39 is 11.7 Å². The van der Waals surface area contributed by atoms with Crippen molar-refractivity contribution in [3.63, 3.8) is 0 Å². The summed E-state index contributed by atoms with van der Waals surface area (Å²) in [6.45, 7) is 2.83. The molecule has 2 aromatic carbocycles. The van der Waals surface area contributed by atoms with E-state index >= 15 is 0 Å². The Morgan fingerprint density at radius 2 is 1.92 bits per heavy atom. The van der Waals surface area contributed by atoms with Crippen LogP contribution in [0.15, 0.2) is 48.5 Å². The first-order chi connectivity index (χ1) is 12.5. The smallest absolute Gasteiger partial charge is 0.369 e. The van der Waals surface area contributed by atoms with E-state index in [1.165, 1.54) is 12.1 Å². The summed E-state index contributed by atoms with van der Waals surface area (Å²) in [4.78, 5) is 0. The van der Waals surface area contributed by atoms with Crippen LogP contribution in [0, 0.1) is 0 Å². The van der Waals surface area contributed by atoms with E-state index in [4.69, 9.17) is 5.10 Å². The fourth-order valence-corrected chi connectivity index (χ4v) is 3.44. The summed E-state index contributed by atoms with van der Waals surface area (Å²) >= 11 is 0. The molecule has 0 amide bonds. The Labute approximate surface area is 149 Å². The summed E-state index contributed by atoms with van der Waals surface area (Å²) in [5, 5.41) is 8.02. The van der Waals surface area contributed by atoms with Gasteiger partial charge in [-0.15, -0.1) is 0 Å². The van der Waals surface area contributed by atoms with E-state index in [1.54, 1.807) is 6.07 Å². The summed E-state index contributed by atoms with van der Waals surface area (Å²) in [5.74, 6) is 0.873. The zero-order valence-electron chi connectivity index (χ0n) is 14.3. The lowest BCUT2D eigenvalue weighted by atomic mass is 10.0. The monoisotopic (exact) mass is 357 g/mol. The second-order valence-electron chi connectivity index (χ2n) is 6.33. The lowest BCUT2D eigenvalue weighted by molar-refractivity contribution is -0.137. The van der Waals surface area contributed by atoms with Crippen molar-refractivity contribution >= 4 is 5.82 Å². The first kappa shape index (κ1) is 16.7. The van der Waals surface area contributed by atoms with Gasteiger partial charge in [-0.05, 0) is 36.6 Å². The fourth-order valence-electron chi connectivity index (χ4n) is 3.44. The molecule has 0 radical (unpaired) electrons. The van der Waals surface area contributed by atoms with Crippen LogP contribution in [0.2, 0.25) is 0 Å². The molecule has 0 spiro atoms. The van der Waals surface area contributed by atoms with Gasteiger partial charge >= 0.3 is 6.18 Å². The SMILES string of the molecule is CCc1ccccc1-n1nc(-c2cccc(C(F)(F)F)c2)c2c1NCC2. The van der Waals surface area contributed by atoms with Gasteiger partial charge in [-0.1, -0.05) is 37.3 Å². The molecule has 3 nitrogen and oxygen atoms in total. The van der Waals surface area contributed by atoms with Crippen LogP contribution in [0.5, 0.6) is 0 Å². The standard InChI is InChI=1S/C20H18F3N3/c1-2-13-6-3-4-9-17(13)26-19-16(10-11-24-19)18(25-26)14-7-5-8-15(12-14)20(21,22)23/h3-9,12,24H,2,10-11H2,1H3. The van der Waals surface area contributed by atoms with Crippen molar-refractivity contribution in [2.75, 3.05) is 11.9 Å². The Kier molecular flexibility index (Phi) is 3.98. The molecule has 0 aliphatic carbocycles. The predicted octanol–water partition coefficient (Wildman–Crippen LogP) is 5.09. The Bertz CT molecular complexity index is 957. The van der Waals surface area contributed by atoms with Crippen LogP contribution < -0.4 is 5.32 Å². The first-order valence-corrected chi connectivity index (χ1v) is 8.60. The zero-order chi connectivity index (χ0) is 18.3. The maximum atomic E-state index is 13.1. The molecule has 134 valence electrons. The molecule has 6 heteroatoms. The van der Waals surface area contributed by atoms with Crippen LogP contribution in [0.1, 0.15) is 23.6 Å². The molecule has 0 saturated heterocycles. The number of para-hydroxylation sites is 1. The molecular weight excluding hydrogens is 339 g/mol. The first-order valence-electron chi connectivity index (χ1n) is 8.60. The molecule has 0 fully saturated rings. The average Bonchev–Trinajstić information content (AvgIpc) is 3.23. The number of alkyl halides is 3. The third-order valence-electron chi connectivity index (χ3n) is 4.71. The molecule has 1 N–H and O–H groups in total. The molecule has 1 aliphatic heterocycles. The topological polar surface area (TPSA) is 29.9 Å². The van der Waals surface area contributed by atoms with Gasteiger partial charge in [0.1, 0.15) is 5.82 Å². The molecule has 0 unspecified atom stereocenters. The largest absolute Gasteiger partial charge is 0.416 e. The number of aromatic nitrogens is 2. The highest BCUT2D eigenvalue weighted by molar-refractivity contribution is 5.73. The van der Waals surface area contributed by atoms with Gasteiger partial charge in [-0.3, -0.25) is 0 Å². The number of fused-ring (bicyclic) bond motifs is 1. The van der Waals surface area contributed by atoms with E-state index in [2.05, 4.69) is 12.2 Å². The number of anilines is 1. The van der Waals surface area contributed by atoms with Gasteiger partial charge in [-0.2, -0.15) is 18.3 Å². The number of rotatable bonds is 3. The van der Waals surface area contributed by atoms with Crippen LogP contribution in [0.3, 0.4) is 0 Å². The molecule has 0 saturated carbocycles. The Morgan fingerprint density at radius 3 is 2.69 bits per heavy atom. The van der Waals surface area contributed by atoms with Crippen molar-refractivity contribution in [1.82, 2.24) is 9.78 Å². The highest BCUT2D eigenvalue weighted by Gasteiger charge is 2.31. The number of halogens is 3. The van der Waals surface area contributed by atoms with Crippen LogP contribution in [-0.2, 0) is 19.0 Å². The summed E-state index contributed by atoms with van der Waals surface area (Å²) in [7, 11) is 0. The molecule has 3 aromatic rings. The Balaban J connectivity index is 1.88. The average molecular weight is 357 g/mol. The number of hydrogen-bond acceptors (Lipinski definition) is 2. The van der Waals surface area contributed by atoms with Crippen molar-refractivity contribution in [2.45, 2.75) is 25.9 Å². The number of hydrogen-bond donors (Lipinski definition) is 1. The van der Waals surface area contributed by atoms with E-state index in [0.29, 0.717) is 11.3 Å². The highest BCUT2D eigenvalue weighted by atomic mass is 19.4. The van der Waals surface area contributed by atoms with Crippen molar-refractivity contribution < 1.29 is 13.2 Å². The maximum absolute atomic E-state index is 13.1. The van der Waals surface area contributed by atoms with Crippen molar-refractivity contribution in [3.8, 4) is 16.9 Å². The van der Waals surface area contributed by atoms with Crippen LogP contribution in [0.25, 0.3) is 16.9 Å². The third kappa shape index (κ3) is 2.75. The molecule has 1 aliphatic rings. The normalized spacial score (nSPS) is 13.5. The maximum Gasteiger partial charge on any atom is 0.416 e. The van der Waals surface area contributed by atoms with E-state index in [9.17, 15) is 13.2 Å². The molecule has 2 heterocycles. The minimum atomic E-state index is -4.37. The third-order valence-corrected chi connectivity index (χ3v) is 4.71. The minimum Gasteiger partial charge on any atom is -0.369 e. The summed E-state index contributed by atoms with van der Waals surface area (Å²) in [5.41, 5.74) is 3.52. The number of nitrogens with one attached hydrogen (secondary N) is 1. The summed E-state index contributed by atoms with van der Waals surface area (Å²) in [6, 6.07) is 13.3. The van der Waals surface area contributed by atoms with Crippen LogP contribution in [-0.4, -0.2) is 16.3 Å². The van der Waals surface area contributed by atoms with Gasteiger partial charge in [-0.25, -0.2) is 4.68 Å². The quantitative estimate of drug-likeness (QED) is 0.708. The van der Waals surface area contributed by atoms with Gasteiger partial charge in [0.05, 0.1) is 16.9 Å². The second-order valence-corrected chi connectivity index (χ2v) is 6.33. The zero-order valence-corrected chi connectivity index (χ0v) is 14.3. The summed E-state index contributed by atoms with van der Waals surface area (Å²) < 4.78 is 41.1. The Morgan fingerprint density at radius 1 is 1.12 bits per heavy atom.